The number of primary sulfonamides is 1. The van der Waals surface area contributed by atoms with Crippen LogP contribution >= 0.6 is 11.8 Å². The number of nitrogens with zero attached hydrogens (tertiary/aromatic N) is 4. The summed E-state index contributed by atoms with van der Waals surface area (Å²) in [6.07, 6.45) is 1.35. The molecule has 0 aliphatic heterocycles. The Balaban J connectivity index is 1.40. The lowest BCUT2D eigenvalue weighted by atomic mass is 10.1. The summed E-state index contributed by atoms with van der Waals surface area (Å²) in [6.45, 7) is 4.41. The Hall–Kier alpha value is -2.76. The van der Waals surface area contributed by atoms with Crippen LogP contribution < -0.4 is 5.14 Å². The summed E-state index contributed by atoms with van der Waals surface area (Å²) in [6, 6.07) is 9.56. The highest BCUT2D eigenvalue weighted by atomic mass is 32.2. The molecule has 0 radical (unpaired) electrons. The van der Waals surface area contributed by atoms with Gasteiger partial charge in [0.25, 0.3) is 0 Å². The average Bonchev–Trinajstić information content (AvgIpc) is 3.36. The van der Waals surface area contributed by atoms with Gasteiger partial charge in [-0.05, 0) is 50.1 Å². The molecule has 0 aliphatic carbocycles. The molecule has 168 valence electrons. The van der Waals surface area contributed by atoms with Crippen molar-refractivity contribution in [3.8, 4) is 11.4 Å². The number of nitrogens with two attached hydrogens (primary N) is 1. The van der Waals surface area contributed by atoms with Crippen LogP contribution in [0.4, 0.5) is 4.39 Å². The minimum absolute atomic E-state index is 0.0444. The largest absolute Gasteiger partial charge is 0.339 e. The molecule has 0 unspecified atom stereocenters. The molecule has 2 aromatic carbocycles. The van der Waals surface area contributed by atoms with E-state index in [0.29, 0.717) is 41.3 Å². The first kappa shape index (κ1) is 22.4. The van der Waals surface area contributed by atoms with Crippen LogP contribution in [0, 0.1) is 12.7 Å². The molecular formula is C21H22FN5O3S2. The van der Waals surface area contributed by atoms with Gasteiger partial charge in [-0.15, -0.1) is 0 Å². The second-order valence-electron chi connectivity index (χ2n) is 7.26. The molecule has 0 fully saturated rings. The normalized spacial score (nSPS) is 12.0. The fourth-order valence-electron chi connectivity index (χ4n) is 3.27. The maximum Gasteiger partial charge on any atom is 0.238 e. The van der Waals surface area contributed by atoms with Crippen LogP contribution in [0.1, 0.15) is 24.8 Å². The van der Waals surface area contributed by atoms with Crippen LogP contribution in [-0.2, 0) is 23.0 Å². The van der Waals surface area contributed by atoms with E-state index in [-0.39, 0.29) is 10.7 Å². The Morgan fingerprint density at radius 3 is 2.72 bits per heavy atom. The zero-order valence-electron chi connectivity index (χ0n) is 17.6. The van der Waals surface area contributed by atoms with Crippen molar-refractivity contribution in [2.24, 2.45) is 5.14 Å². The zero-order valence-corrected chi connectivity index (χ0v) is 19.2. The highest BCUT2D eigenvalue weighted by Crippen LogP contribution is 2.27. The molecule has 0 bridgehead atoms. The number of imidazole rings is 1. The first-order chi connectivity index (χ1) is 15.3. The third-order valence-corrected chi connectivity index (χ3v) is 6.97. The van der Waals surface area contributed by atoms with Gasteiger partial charge in [-0.3, -0.25) is 0 Å². The van der Waals surface area contributed by atoms with E-state index in [0.717, 1.165) is 22.8 Å². The highest BCUT2D eigenvalue weighted by Gasteiger charge is 2.15. The van der Waals surface area contributed by atoms with Gasteiger partial charge in [0.15, 0.2) is 5.16 Å². The molecule has 0 saturated heterocycles. The molecule has 2 heterocycles. The maximum atomic E-state index is 13.8. The minimum Gasteiger partial charge on any atom is -0.339 e. The lowest BCUT2D eigenvalue weighted by molar-refractivity contribution is 0.378. The number of halogens is 1. The monoisotopic (exact) mass is 475 g/mol. The van der Waals surface area contributed by atoms with Gasteiger partial charge in [0, 0.05) is 24.3 Å². The molecule has 11 heteroatoms. The molecule has 4 rings (SSSR count). The van der Waals surface area contributed by atoms with E-state index < -0.39 is 10.0 Å². The Morgan fingerprint density at radius 2 is 2.00 bits per heavy atom. The Morgan fingerprint density at radius 1 is 1.19 bits per heavy atom. The van der Waals surface area contributed by atoms with Crippen LogP contribution in [0.15, 0.2) is 51.0 Å². The van der Waals surface area contributed by atoms with Crippen molar-refractivity contribution in [2.45, 2.75) is 43.3 Å². The van der Waals surface area contributed by atoms with Crippen molar-refractivity contribution in [1.29, 1.82) is 0 Å². The van der Waals surface area contributed by atoms with Gasteiger partial charge in [-0.1, -0.05) is 29.1 Å². The smallest absolute Gasteiger partial charge is 0.238 e. The minimum atomic E-state index is -3.78. The summed E-state index contributed by atoms with van der Waals surface area (Å²) in [5.74, 6) is 1.30. The quantitative estimate of drug-likeness (QED) is 0.303. The first-order valence-corrected chi connectivity index (χ1v) is 12.5. The summed E-state index contributed by atoms with van der Waals surface area (Å²) in [5, 5.41) is 9.97. The number of hydrogen-bond donors (Lipinski definition) is 1. The van der Waals surface area contributed by atoms with Crippen molar-refractivity contribution in [1.82, 2.24) is 19.7 Å². The summed E-state index contributed by atoms with van der Waals surface area (Å²) in [5.41, 5.74) is 2.59. The lowest BCUT2D eigenvalue weighted by Crippen LogP contribution is -2.11. The summed E-state index contributed by atoms with van der Waals surface area (Å²) in [7, 11) is -3.78. The van der Waals surface area contributed by atoms with Gasteiger partial charge >= 0.3 is 0 Å². The van der Waals surface area contributed by atoms with E-state index in [4.69, 9.17) is 9.66 Å². The van der Waals surface area contributed by atoms with E-state index in [1.807, 2.05) is 11.5 Å². The van der Waals surface area contributed by atoms with E-state index >= 15 is 0 Å². The maximum absolute atomic E-state index is 13.8. The summed E-state index contributed by atoms with van der Waals surface area (Å²) < 4.78 is 44.3. The Kier molecular flexibility index (Phi) is 6.31. The molecule has 0 aliphatic rings. The van der Waals surface area contributed by atoms with E-state index in [1.165, 1.54) is 18.2 Å². The second-order valence-corrected chi connectivity index (χ2v) is 9.89. The van der Waals surface area contributed by atoms with Crippen LogP contribution in [0.3, 0.4) is 0 Å². The fourth-order valence-corrected chi connectivity index (χ4v) is 4.82. The van der Waals surface area contributed by atoms with Gasteiger partial charge in [-0.2, -0.15) is 4.98 Å². The third-order valence-electron chi connectivity index (χ3n) is 4.99. The zero-order chi connectivity index (χ0) is 22.9. The number of aryl methyl sites for hydroxylation is 3. The van der Waals surface area contributed by atoms with E-state index in [9.17, 15) is 12.8 Å². The van der Waals surface area contributed by atoms with Crippen LogP contribution in [-0.4, -0.2) is 33.9 Å². The molecule has 0 saturated carbocycles. The third kappa shape index (κ3) is 4.69. The van der Waals surface area contributed by atoms with Gasteiger partial charge < -0.3 is 9.09 Å². The number of benzene rings is 2. The van der Waals surface area contributed by atoms with Crippen molar-refractivity contribution < 1.29 is 17.3 Å². The molecule has 0 atom stereocenters. The van der Waals surface area contributed by atoms with Crippen molar-refractivity contribution in [2.75, 3.05) is 5.75 Å². The molecule has 2 aromatic heterocycles. The molecule has 2 N–H and O–H groups in total. The Labute approximate surface area is 189 Å². The van der Waals surface area contributed by atoms with Gasteiger partial charge in [-0.25, -0.2) is 22.9 Å². The van der Waals surface area contributed by atoms with Crippen LogP contribution in [0.2, 0.25) is 0 Å². The number of hydrogen-bond acceptors (Lipinski definition) is 7. The molecule has 32 heavy (non-hydrogen) atoms. The SMILES string of the molecule is CCn1c(SCCCc2nc(-c3ccc(C)c(F)c3)no2)nc2cc(S(N)(=O)=O)ccc21. The van der Waals surface area contributed by atoms with Crippen molar-refractivity contribution in [3.63, 3.8) is 0 Å². The number of sulfonamides is 1. The fraction of sp³-hybridized carbons (Fsp3) is 0.286. The van der Waals surface area contributed by atoms with E-state index in [2.05, 4.69) is 15.1 Å². The number of aromatic nitrogens is 4. The second kappa shape index (κ2) is 9.00. The number of fused-ring (bicyclic) bond motifs is 1. The topological polar surface area (TPSA) is 117 Å². The van der Waals surface area contributed by atoms with Crippen molar-refractivity contribution >= 4 is 32.8 Å². The van der Waals surface area contributed by atoms with Gasteiger partial charge in [0.05, 0.1) is 15.9 Å². The summed E-state index contributed by atoms with van der Waals surface area (Å²) >= 11 is 1.57. The molecule has 0 amide bonds. The average molecular weight is 476 g/mol. The van der Waals surface area contributed by atoms with Gasteiger partial charge in [0.2, 0.25) is 21.7 Å². The Bertz CT molecular complexity index is 1380. The van der Waals surface area contributed by atoms with Gasteiger partial charge in [0.1, 0.15) is 5.82 Å². The lowest BCUT2D eigenvalue weighted by Gasteiger charge is -2.05. The molecule has 0 spiro atoms. The highest BCUT2D eigenvalue weighted by molar-refractivity contribution is 7.99. The molecular weight excluding hydrogens is 453 g/mol. The predicted molar refractivity (Wildman–Crippen MR) is 120 cm³/mol. The number of rotatable bonds is 8. The number of thioether (sulfide) groups is 1. The standard InChI is InChI=1S/C21H22FN5O3S2/c1-3-27-18-9-8-15(32(23,28)29)12-17(18)24-21(27)31-10-4-5-19-25-20(26-30-19)14-7-6-13(2)16(22)11-14/h6-9,11-12H,3-5,10H2,1-2H3,(H2,23,28,29). The first-order valence-electron chi connectivity index (χ1n) is 10.0. The predicted octanol–water partition coefficient (Wildman–Crippen LogP) is 3.93. The van der Waals surface area contributed by atoms with Crippen LogP contribution in [0.5, 0.6) is 0 Å². The summed E-state index contributed by atoms with van der Waals surface area (Å²) in [4.78, 5) is 8.98. The van der Waals surface area contributed by atoms with Crippen molar-refractivity contribution in [3.05, 3.63) is 53.7 Å². The van der Waals surface area contributed by atoms with E-state index in [1.54, 1.807) is 36.9 Å². The van der Waals surface area contributed by atoms with Crippen LogP contribution in [0.25, 0.3) is 22.4 Å². The molecule has 4 aromatic rings. The molecule has 8 nitrogen and oxygen atoms in total.